The molecule has 0 amide bonds. The molecule has 2 rings (SSSR count). The Balaban J connectivity index is 2.18. The number of hydrogen-bond acceptors (Lipinski definition) is 4. The van der Waals surface area contributed by atoms with Crippen LogP contribution in [0.5, 0.6) is 0 Å². The fraction of sp³-hybridized carbons (Fsp3) is 0.375. The Bertz CT molecular complexity index is 601. The van der Waals surface area contributed by atoms with Crippen LogP contribution in [0, 0.1) is 6.92 Å². The summed E-state index contributed by atoms with van der Waals surface area (Å²) in [7, 11) is 2.07. The van der Waals surface area contributed by atoms with E-state index in [0.717, 1.165) is 34.6 Å². The Morgan fingerprint density at radius 2 is 2.05 bits per heavy atom. The molecule has 1 heterocycles. The van der Waals surface area contributed by atoms with E-state index in [1.807, 2.05) is 37.3 Å². The Labute approximate surface area is 134 Å². The monoisotopic (exact) mass is 348 g/mol. The van der Waals surface area contributed by atoms with E-state index < -0.39 is 0 Å². The number of nitrogens with zero attached hydrogens (tertiary/aromatic N) is 3. The van der Waals surface area contributed by atoms with Crippen molar-refractivity contribution in [2.24, 2.45) is 0 Å². The first-order chi connectivity index (χ1) is 10.1. The first-order valence-corrected chi connectivity index (χ1v) is 7.97. The van der Waals surface area contributed by atoms with E-state index in [1.165, 1.54) is 6.42 Å². The first-order valence-electron chi connectivity index (χ1n) is 7.18. The van der Waals surface area contributed by atoms with Gasteiger partial charge in [0.1, 0.15) is 5.82 Å². The third kappa shape index (κ3) is 4.70. The summed E-state index contributed by atoms with van der Waals surface area (Å²) in [5, 5.41) is 3.26. The van der Waals surface area contributed by atoms with Crippen LogP contribution in [0.1, 0.15) is 25.5 Å². The van der Waals surface area contributed by atoms with E-state index in [0.29, 0.717) is 5.95 Å². The minimum Gasteiger partial charge on any atom is -0.360 e. The highest BCUT2D eigenvalue weighted by molar-refractivity contribution is 9.10. The first kappa shape index (κ1) is 15.8. The molecule has 0 unspecified atom stereocenters. The molecule has 0 aliphatic rings. The van der Waals surface area contributed by atoms with Gasteiger partial charge < -0.3 is 10.2 Å². The van der Waals surface area contributed by atoms with Gasteiger partial charge in [0.25, 0.3) is 0 Å². The van der Waals surface area contributed by atoms with Crippen molar-refractivity contribution in [2.75, 3.05) is 23.8 Å². The van der Waals surface area contributed by atoms with Crippen LogP contribution in [0.3, 0.4) is 0 Å². The summed E-state index contributed by atoms with van der Waals surface area (Å²) in [6.07, 6.45) is 2.34. The molecule has 21 heavy (non-hydrogen) atoms. The summed E-state index contributed by atoms with van der Waals surface area (Å²) >= 11 is 3.47. The molecule has 0 bridgehead atoms. The predicted molar refractivity (Wildman–Crippen MR) is 92.4 cm³/mol. The van der Waals surface area contributed by atoms with Crippen LogP contribution < -0.4 is 10.2 Å². The van der Waals surface area contributed by atoms with Crippen LogP contribution in [0.4, 0.5) is 17.5 Å². The Kier molecular flexibility index (Phi) is 5.56. The zero-order valence-electron chi connectivity index (χ0n) is 12.7. The van der Waals surface area contributed by atoms with Crippen molar-refractivity contribution in [3.63, 3.8) is 0 Å². The minimum absolute atomic E-state index is 0.631. The van der Waals surface area contributed by atoms with Gasteiger partial charge in [0.15, 0.2) is 0 Å². The highest BCUT2D eigenvalue weighted by Gasteiger charge is 2.07. The van der Waals surface area contributed by atoms with Gasteiger partial charge in [-0.15, -0.1) is 0 Å². The SMILES string of the molecule is CCCCN(C)c1cc(C)nc(Nc2cccc(Br)c2)n1. The number of aromatic nitrogens is 2. The Morgan fingerprint density at radius 3 is 2.76 bits per heavy atom. The van der Waals surface area contributed by atoms with Crippen molar-refractivity contribution in [3.8, 4) is 0 Å². The maximum atomic E-state index is 4.60. The lowest BCUT2D eigenvalue weighted by Crippen LogP contribution is -2.20. The van der Waals surface area contributed by atoms with Gasteiger partial charge in [-0.1, -0.05) is 35.3 Å². The summed E-state index contributed by atoms with van der Waals surface area (Å²) in [6, 6.07) is 9.99. The van der Waals surface area contributed by atoms with Crippen LogP contribution in [0.15, 0.2) is 34.8 Å². The van der Waals surface area contributed by atoms with Gasteiger partial charge in [0.2, 0.25) is 5.95 Å². The molecule has 0 fully saturated rings. The van der Waals surface area contributed by atoms with E-state index >= 15 is 0 Å². The molecule has 1 N–H and O–H groups in total. The fourth-order valence-corrected chi connectivity index (χ4v) is 2.41. The topological polar surface area (TPSA) is 41.1 Å². The second-order valence-corrected chi connectivity index (χ2v) is 6.02. The lowest BCUT2D eigenvalue weighted by Gasteiger charge is -2.19. The smallest absolute Gasteiger partial charge is 0.229 e. The molecule has 0 aliphatic carbocycles. The summed E-state index contributed by atoms with van der Waals surface area (Å²) in [6.45, 7) is 5.19. The van der Waals surface area contributed by atoms with E-state index in [9.17, 15) is 0 Å². The van der Waals surface area contributed by atoms with E-state index in [1.54, 1.807) is 0 Å². The third-order valence-electron chi connectivity index (χ3n) is 3.16. The number of unbranched alkanes of at least 4 members (excludes halogenated alkanes) is 1. The number of aryl methyl sites for hydroxylation is 1. The van der Waals surface area contributed by atoms with Crippen molar-refractivity contribution < 1.29 is 0 Å². The highest BCUT2D eigenvalue weighted by Crippen LogP contribution is 2.20. The molecule has 0 aliphatic heterocycles. The lowest BCUT2D eigenvalue weighted by atomic mass is 10.3. The Morgan fingerprint density at radius 1 is 1.24 bits per heavy atom. The quantitative estimate of drug-likeness (QED) is 0.832. The molecule has 1 aromatic heterocycles. The number of rotatable bonds is 6. The molecule has 4 nitrogen and oxygen atoms in total. The number of benzene rings is 1. The second-order valence-electron chi connectivity index (χ2n) is 5.10. The minimum atomic E-state index is 0.631. The predicted octanol–water partition coefficient (Wildman–Crippen LogP) is 4.53. The van der Waals surface area contributed by atoms with Gasteiger partial charge in [-0.3, -0.25) is 0 Å². The molecule has 0 saturated carbocycles. The molecule has 0 spiro atoms. The number of nitrogens with one attached hydrogen (secondary N) is 1. The van der Waals surface area contributed by atoms with Gasteiger partial charge >= 0.3 is 0 Å². The molecule has 0 saturated heterocycles. The summed E-state index contributed by atoms with van der Waals surface area (Å²) in [4.78, 5) is 11.2. The van der Waals surface area contributed by atoms with Crippen LogP contribution in [-0.4, -0.2) is 23.6 Å². The maximum absolute atomic E-state index is 4.60. The maximum Gasteiger partial charge on any atom is 0.229 e. The summed E-state index contributed by atoms with van der Waals surface area (Å²) < 4.78 is 1.03. The van der Waals surface area contributed by atoms with Gasteiger partial charge in [-0.05, 0) is 31.5 Å². The largest absolute Gasteiger partial charge is 0.360 e. The zero-order chi connectivity index (χ0) is 15.2. The van der Waals surface area contributed by atoms with Crippen LogP contribution >= 0.6 is 15.9 Å². The molecule has 112 valence electrons. The van der Waals surface area contributed by atoms with Crippen molar-refractivity contribution in [1.82, 2.24) is 9.97 Å². The second kappa shape index (κ2) is 7.41. The Hall–Kier alpha value is -1.62. The number of halogens is 1. The summed E-state index contributed by atoms with van der Waals surface area (Å²) in [5.74, 6) is 1.58. The van der Waals surface area contributed by atoms with Crippen LogP contribution in [-0.2, 0) is 0 Å². The molecule has 0 atom stereocenters. The van der Waals surface area contributed by atoms with E-state index in [4.69, 9.17) is 0 Å². The molecular formula is C16H21BrN4. The van der Waals surface area contributed by atoms with Crippen LogP contribution in [0.25, 0.3) is 0 Å². The standard InChI is InChI=1S/C16H21BrN4/c1-4-5-9-21(3)15-10-12(2)18-16(20-15)19-14-8-6-7-13(17)11-14/h6-8,10-11H,4-5,9H2,1-3H3,(H,18,19,20). The molecular weight excluding hydrogens is 328 g/mol. The molecule has 5 heteroatoms. The number of hydrogen-bond donors (Lipinski definition) is 1. The van der Waals surface area contributed by atoms with Gasteiger partial charge in [0, 0.05) is 35.5 Å². The van der Waals surface area contributed by atoms with Crippen molar-refractivity contribution in [1.29, 1.82) is 0 Å². The molecule has 0 radical (unpaired) electrons. The van der Waals surface area contributed by atoms with Gasteiger partial charge in [0.05, 0.1) is 0 Å². The third-order valence-corrected chi connectivity index (χ3v) is 3.65. The van der Waals surface area contributed by atoms with E-state index in [-0.39, 0.29) is 0 Å². The average Bonchev–Trinajstić information content (AvgIpc) is 2.44. The highest BCUT2D eigenvalue weighted by atomic mass is 79.9. The summed E-state index contributed by atoms with van der Waals surface area (Å²) in [5.41, 5.74) is 1.93. The van der Waals surface area contributed by atoms with Gasteiger partial charge in [-0.2, -0.15) is 4.98 Å². The fourth-order valence-electron chi connectivity index (χ4n) is 2.01. The van der Waals surface area contributed by atoms with Crippen molar-refractivity contribution in [3.05, 3.63) is 40.5 Å². The van der Waals surface area contributed by atoms with Crippen molar-refractivity contribution in [2.45, 2.75) is 26.7 Å². The number of anilines is 3. The van der Waals surface area contributed by atoms with E-state index in [2.05, 4.69) is 50.1 Å². The zero-order valence-corrected chi connectivity index (χ0v) is 14.3. The molecule has 1 aromatic carbocycles. The lowest BCUT2D eigenvalue weighted by molar-refractivity contribution is 0.758. The van der Waals surface area contributed by atoms with Crippen LogP contribution in [0.2, 0.25) is 0 Å². The average molecular weight is 349 g/mol. The van der Waals surface area contributed by atoms with Gasteiger partial charge in [-0.25, -0.2) is 4.98 Å². The molecule has 2 aromatic rings. The normalized spacial score (nSPS) is 10.5. The van der Waals surface area contributed by atoms with Crippen molar-refractivity contribution >= 4 is 33.4 Å².